The van der Waals surface area contributed by atoms with Crippen LogP contribution in [0.5, 0.6) is 0 Å². The highest BCUT2D eigenvalue weighted by molar-refractivity contribution is 9.11. The second-order valence-electron chi connectivity index (χ2n) is 4.89. The smallest absolute Gasteiger partial charge is 0.0686 e. The minimum absolute atomic E-state index is 0.206. The lowest BCUT2D eigenvalue weighted by atomic mass is 9.37. The van der Waals surface area contributed by atoms with E-state index < -0.39 is 0 Å². The molecule has 0 fully saturated rings. The van der Waals surface area contributed by atoms with E-state index in [2.05, 4.69) is 105 Å². The fraction of sp³-hybridized carbons (Fsp3) is 0. The predicted octanol–water partition coefficient (Wildman–Crippen LogP) is 3.73. The van der Waals surface area contributed by atoms with E-state index in [1.807, 2.05) is 6.07 Å². The van der Waals surface area contributed by atoms with Crippen molar-refractivity contribution in [2.24, 2.45) is 0 Å². The van der Waals surface area contributed by atoms with Gasteiger partial charge in [-0.3, -0.25) is 0 Å². The zero-order chi connectivity index (χ0) is 14.7. The molecule has 0 amide bonds. The molecule has 0 aromatic heterocycles. The highest BCUT2D eigenvalue weighted by Crippen LogP contribution is 2.16. The van der Waals surface area contributed by atoms with Crippen molar-refractivity contribution >= 4 is 55.0 Å². The molecule has 0 nitrogen and oxygen atoms in total. The first-order valence-electron chi connectivity index (χ1n) is 6.81. The minimum atomic E-state index is 0.206. The maximum Gasteiger partial charge on any atom is 0.244 e. The molecule has 0 heterocycles. The van der Waals surface area contributed by atoms with Crippen molar-refractivity contribution in [3.63, 3.8) is 0 Å². The van der Waals surface area contributed by atoms with Gasteiger partial charge in [0.05, 0.1) is 0 Å². The lowest BCUT2D eigenvalue weighted by Crippen LogP contribution is -2.52. The molecule has 0 saturated heterocycles. The molecule has 0 aliphatic carbocycles. The SMILES string of the molecule is Brc1cccc(Br)c1B(c1ccccc1)c1ccccc1. The van der Waals surface area contributed by atoms with Crippen LogP contribution >= 0.6 is 31.9 Å². The van der Waals surface area contributed by atoms with Gasteiger partial charge < -0.3 is 0 Å². The molecular formula is C18H13BBr2. The van der Waals surface area contributed by atoms with Crippen molar-refractivity contribution in [1.82, 2.24) is 0 Å². The van der Waals surface area contributed by atoms with E-state index >= 15 is 0 Å². The van der Waals surface area contributed by atoms with Crippen LogP contribution in [-0.2, 0) is 0 Å². The van der Waals surface area contributed by atoms with Crippen LogP contribution in [0.15, 0.2) is 87.8 Å². The van der Waals surface area contributed by atoms with Crippen molar-refractivity contribution in [3.8, 4) is 0 Å². The second kappa shape index (κ2) is 6.63. The molecule has 0 radical (unpaired) electrons. The van der Waals surface area contributed by atoms with Crippen LogP contribution in [0.2, 0.25) is 0 Å². The number of rotatable bonds is 3. The molecule has 0 N–H and O–H groups in total. The molecule has 21 heavy (non-hydrogen) atoms. The summed E-state index contributed by atoms with van der Waals surface area (Å²) >= 11 is 7.42. The Morgan fingerprint density at radius 3 is 1.38 bits per heavy atom. The predicted molar refractivity (Wildman–Crippen MR) is 99.4 cm³/mol. The Bertz CT molecular complexity index is 667. The summed E-state index contributed by atoms with van der Waals surface area (Å²) < 4.78 is 2.24. The van der Waals surface area contributed by atoms with Crippen molar-refractivity contribution in [1.29, 1.82) is 0 Å². The molecular weight excluding hydrogens is 387 g/mol. The number of halogens is 2. The van der Waals surface area contributed by atoms with Crippen LogP contribution in [0.3, 0.4) is 0 Å². The first-order valence-corrected chi connectivity index (χ1v) is 8.40. The normalized spacial score (nSPS) is 10.4. The molecule has 0 saturated carbocycles. The maximum atomic E-state index is 3.71. The lowest BCUT2D eigenvalue weighted by molar-refractivity contribution is 1.64. The van der Waals surface area contributed by atoms with Crippen LogP contribution in [0, 0.1) is 0 Å². The summed E-state index contributed by atoms with van der Waals surface area (Å²) in [6.07, 6.45) is 0. The van der Waals surface area contributed by atoms with E-state index in [0.29, 0.717) is 0 Å². The van der Waals surface area contributed by atoms with Crippen LogP contribution in [0.1, 0.15) is 0 Å². The third kappa shape index (κ3) is 3.14. The Hall–Kier alpha value is -1.32. The Kier molecular flexibility index (Phi) is 4.62. The monoisotopic (exact) mass is 398 g/mol. The van der Waals surface area contributed by atoms with Crippen molar-refractivity contribution in [2.75, 3.05) is 0 Å². The van der Waals surface area contributed by atoms with Gasteiger partial charge in [-0.1, -0.05) is 110 Å². The lowest BCUT2D eigenvalue weighted by Gasteiger charge is -2.18. The third-order valence-corrected chi connectivity index (χ3v) is 4.94. The summed E-state index contributed by atoms with van der Waals surface area (Å²) in [5.74, 6) is 0. The summed E-state index contributed by atoms with van der Waals surface area (Å²) in [7, 11) is 0. The summed E-state index contributed by atoms with van der Waals surface area (Å²) in [6.45, 7) is 0.206. The van der Waals surface area contributed by atoms with E-state index in [4.69, 9.17) is 0 Å². The molecule has 0 spiro atoms. The summed E-state index contributed by atoms with van der Waals surface area (Å²) in [5, 5.41) is 0. The largest absolute Gasteiger partial charge is 0.244 e. The van der Waals surface area contributed by atoms with E-state index in [0.717, 1.165) is 8.95 Å². The van der Waals surface area contributed by atoms with Gasteiger partial charge in [0.2, 0.25) is 6.71 Å². The van der Waals surface area contributed by atoms with Gasteiger partial charge in [0.15, 0.2) is 0 Å². The standard InChI is InChI=1S/C18H13BBr2/c20-16-12-7-13-17(21)18(16)19(14-8-3-1-4-9-14)15-10-5-2-6-11-15/h1-13H. The molecule has 3 aromatic carbocycles. The van der Waals surface area contributed by atoms with Crippen molar-refractivity contribution in [3.05, 3.63) is 87.8 Å². The Morgan fingerprint density at radius 2 is 0.952 bits per heavy atom. The summed E-state index contributed by atoms with van der Waals surface area (Å²) in [6, 6.07) is 27.5. The fourth-order valence-electron chi connectivity index (χ4n) is 2.60. The van der Waals surface area contributed by atoms with Gasteiger partial charge in [-0.15, -0.1) is 0 Å². The molecule has 3 aromatic rings. The fourth-order valence-corrected chi connectivity index (χ4v) is 4.06. The van der Waals surface area contributed by atoms with E-state index in [-0.39, 0.29) is 6.71 Å². The van der Waals surface area contributed by atoms with E-state index in [1.165, 1.54) is 16.4 Å². The first-order chi connectivity index (χ1) is 10.3. The van der Waals surface area contributed by atoms with E-state index in [1.54, 1.807) is 0 Å². The second-order valence-corrected chi connectivity index (χ2v) is 6.60. The molecule has 3 rings (SSSR count). The quantitative estimate of drug-likeness (QED) is 0.589. The van der Waals surface area contributed by atoms with Gasteiger partial charge in [-0.2, -0.15) is 0 Å². The van der Waals surface area contributed by atoms with Gasteiger partial charge in [0, 0.05) is 8.95 Å². The van der Waals surface area contributed by atoms with Crippen LogP contribution in [-0.4, -0.2) is 6.71 Å². The van der Waals surface area contributed by atoms with Crippen LogP contribution in [0.25, 0.3) is 0 Å². The highest BCUT2D eigenvalue weighted by Gasteiger charge is 2.25. The van der Waals surface area contributed by atoms with Crippen molar-refractivity contribution in [2.45, 2.75) is 0 Å². The molecule has 0 aliphatic rings. The number of hydrogen-bond donors (Lipinski definition) is 0. The van der Waals surface area contributed by atoms with Gasteiger partial charge in [0.25, 0.3) is 0 Å². The molecule has 0 bridgehead atoms. The average molecular weight is 400 g/mol. The first kappa shape index (κ1) is 14.6. The van der Waals surface area contributed by atoms with Gasteiger partial charge in [0.1, 0.15) is 0 Å². The summed E-state index contributed by atoms with van der Waals surface area (Å²) in [5.41, 5.74) is 3.84. The maximum absolute atomic E-state index is 3.71. The van der Waals surface area contributed by atoms with Crippen molar-refractivity contribution < 1.29 is 0 Å². The molecule has 0 atom stereocenters. The molecule has 0 unspecified atom stereocenters. The minimum Gasteiger partial charge on any atom is -0.0686 e. The molecule has 3 heteroatoms. The van der Waals surface area contributed by atoms with Gasteiger partial charge in [-0.05, 0) is 17.6 Å². The zero-order valence-electron chi connectivity index (χ0n) is 11.3. The van der Waals surface area contributed by atoms with Crippen LogP contribution in [0.4, 0.5) is 0 Å². The topological polar surface area (TPSA) is 0 Å². The molecule has 0 aliphatic heterocycles. The Morgan fingerprint density at radius 1 is 0.524 bits per heavy atom. The Labute approximate surface area is 142 Å². The van der Waals surface area contributed by atoms with E-state index in [9.17, 15) is 0 Å². The number of benzene rings is 3. The average Bonchev–Trinajstić information content (AvgIpc) is 2.53. The Balaban J connectivity index is 2.23. The molecule has 102 valence electrons. The third-order valence-electron chi connectivity index (χ3n) is 3.55. The van der Waals surface area contributed by atoms with Gasteiger partial charge in [-0.25, -0.2) is 0 Å². The number of hydrogen-bond acceptors (Lipinski definition) is 0. The van der Waals surface area contributed by atoms with Gasteiger partial charge >= 0.3 is 0 Å². The van der Waals surface area contributed by atoms with Crippen LogP contribution < -0.4 is 16.4 Å². The highest BCUT2D eigenvalue weighted by atomic mass is 79.9. The zero-order valence-corrected chi connectivity index (χ0v) is 14.5. The summed E-state index contributed by atoms with van der Waals surface area (Å²) in [4.78, 5) is 0.